The number of phenols is 1. The standard InChI is InChI=1S/C13H18N2O2/c16-12-1-2-13-10(8-12)7-11(9-14-13)15-3-5-17-6-4-15/h1-2,8,11,14,16H,3-7,9H2. The number of phenolic OH excluding ortho intramolecular Hbond substituents is 1. The van der Waals surface area contributed by atoms with Gasteiger partial charge in [0.2, 0.25) is 0 Å². The second-order valence-corrected chi connectivity index (χ2v) is 4.73. The quantitative estimate of drug-likeness (QED) is 0.713. The van der Waals surface area contributed by atoms with Gasteiger partial charge in [-0.2, -0.15) is 0 Å². The van der Waals surface area contributed by atoms with Crippen molar-refractivity contribution >= 4 is 5.69 Å². The summed E-state index contributed by atoms with van der Waals surface area (Å²) in [6.45, 7) is 4.69. The first-order valence-electron chi connectivity index (χ1n) is 6.20. The number of nitrogens with zero attached hydrogens (tertiary/aromatic N) is 1. The van der Waals surface area contributed by atoms with Crippen molar-refractivity contribution in [2.45, 2.75) is 12.5 Å². The van der Waals surface area contributed by atoms with E-state index in [4.69, 9.17) is 4.74 Å². The van der Waals surface area contributed by atoms with E-state index in [1.165, 1.54) is 5.56 Å². The Balaban J connectivity index is 1.75. The Hall–Kier alpha value is -1.26. The monoisotopic (exact) mass is 234 g/mol. The number of benzene rings is 1. The molecule has 0 bridgehead atoms. The summed E-state index contributed by atoms with van der Waals surface area (Å²) in [5.74, 6) is 0.355. The second-order valence-electron chi connectivity index (χ2n) is 4.73. The molecule has 0 amide bonds. The van der Waals surface area contributed by atoms with Crippen LogP contribution in [0.4, 0.5) is 5.69 Å². The predicted molar refractivity (Wildman–Crippen MR) is 66.5 cm³/mol. The Bertz CT molecular complexity index is 402. The Morgan fingerprint density at radius 3 is 2.94 bits per heavy atom. The SMILES string of the molecule is Oc1ccc2c(c1)CC(N1CCOCC1)CN2. The second kappa shape index (κ2) is 4.55. The first-order valence-corrected chi connectivity index (χ1v) is 6.20. The molecule has 0 spiro atoms. The Morgan fingerprint density at radius 2 is 2.12 bits per heavy atom. The summed E-state index contributed by atoms with van der Waals surface area (Å²) in [6.07, 6.45) is 1.01. The van der Waals surface area contributed by atoms with Crippen molar-refractivity contribution in [3.8, 4) is 5.75 Å². The number of rotatable bonds is 1. The van der Waals surface area contributed by atoms with Gasteiger partial charge in [0, 0.05) is 31.4 Å². The molecule has 3 rings (SSSR count). The molecule has 92 valence electrons. The van der Waals surface area contributed by atoms with Crippen LogP contribution in [0.5, 0.6) is 5.75 Å². The Morgan fingerprint density at radius 1 is 1.29 bits per heavy atom. The van der Waals surface area contributed by atoms with Crippen LogP contribution in [0.2, 0.25) is 0 Å². The zero-order valence-corrected chi connectivity index (χ0v) is 9.85. The van der Waals surface area contributed by atoms with E-state index in [1.807, 2.05) is 12.1 Å². The lowest BCUT2D eigenvalue weighted by atomic mass is 9.98. The highest BCUT2D eigenvalue weighted by Gasteiger charge is 2.25. The molecule has 4 heteroatoms. The van der Waals surface area contributed by atoms with E-state index in [-0.39, 0.29) is 0 Å². The molecule has 0 aliphatic carbocycles. The molecule has 2 aliphatic heterocycles. The molecule has 0 radical (unpaired) electrons. The van der Waals surface area contributed by atoms with E-state index >= 15 is 0 Å². The fourth-order valence-corrected chi connectivity index (χ4v) is 2.68. The highest BCUT2D eigenvalue weighted by atomic mass is 16.5. The van der Waals surface area contributed by atoms with E-state index in [2.05, 4.69) is 10.2 Å². The third kappa shape index (κ3) is 2.23. The van der Waals surface area contributed by atoms with E-state index in [0.717, 1.165) is 45.0 Å². The van der Waals surface area contributed by atoms with Crippen LogP contribution in [0.15, 0.2) is 18.2 Å². The van der Waals surface area contributed by atoms with Crippen LogP contribution in [-0.2, 0) is 11.2 Å². The third-order valence-electron chi connectivity index (χ3n) is 3.63. The number of hydrogen-bond donors (Lipinski definition) is 2. The van der Waals surface area contributed by atoms with Crippen molar-refractivity contribution in [1.29, 1.82) is 0 Å². The highest BCUT2D eigenvalue weighted by Crippen LogP contribution is 2.27. The maximum atomic E-state index is 9.52. The molecule has 1 unspecified atom stereocenters. The number of anilines is 1. The smallest absolute Gasteiger partial charge is 0.116 e. The summed E-state index contributed by atoms with van der Waals surface area (Å²) in [5.41, 5.74) is 2.38. The summed E-state index contributed by atoms with van der Waals surface area (Å²) >= 11 is 0. The van der Waals surface area contributed by atoms with Crippen LogP contribution >= 0.6 is 0 Å². The number of ether oxygens (including phenoxy) is 1. The number of aromatic hydroxyl groups is 1. The summed E-state index contributed by atoms with van der Waals surface area (Å²) < 4.78 is 5.38. The Kier molecular flexibility index (Phi) is 2.91. The minimum Gasteiger partial charge on any atom is -0.508 e. The molecule has 0 saturated carbocycles. The molecule has 1 fully saturated rings. The number of nitrogens with one attached hydrogen (secondary N) is 1. The van der Waals surface area contributed by atoms with Crippen molar-refractivity contribution in [3.63, 3.8) is 0 Å². The third-order valence-corrected chi connectivity index (χ3v) is 3.63. The van der Waals surface area contributed by atoms with Crippen LogP contribution in [0.3, 0.4) is 0 Å². The lowest BCUT2D eigenvalue weighted by Crippen LogP contribution is -2.49. The van der Waals surface area contributed by atoms with Gasteiger partial charge in [-0.15, -0.1) is 0 Å². The zero-order chi connectivity index (χ0) is 11.7. The van der Waals surface area contributed by atoms with Crippen molar-refractivity contribution in [2.75, 3.05) is 38.2 Å². The van der Waals surface area contributed by atoms with Crippen molar-refractivity contribution in [2.24, 2.45) is 0 Å². The van der Waals surface area contributed by atoms with Gasteiger partial charge in [0.05, 0.1) is 13.2 Å². The average Bonchev–Trinajstić information content (AvgIpc) is 2.39. The summed E-state index contributed by atoms with van der Waals surface area (Å²) in [6, 6.07) is 6.09. The molecule has 4 nitrogen and oxygen atoms in total. The maximum Gasteiger partial charge on any atom is 0.116 e. The van der Waals surface area contributed by atoms with Gasteiger partial charge in [-0.25, -0.2) is 0 Å². The molecule has 2 N–H and O–H groups in total. The summed E-state index contributed by atoms with van der Waals surface area (Å²) in [7, 11) is 0. The van der Waals surface area contributed by atoms with Crippen LogP contribution in [0, 0.1) is 0 Å². The van der Waals surface area contributed by atoms with Crippen LogP contribution < -0.4 is 5.32 Å². The van der Waals surface area contributed by atoms with Crippen LogP contribution in [0.1, 0.15) is 5.56 Å². The number of fused-ring (bicyclic) bond motifs is 1. The molecule has 1 saturated heterocycles. The van der Waals surface area contributed by atoms with Gasteiger partial charge in [-0.3, -0.25) is 4.90 Å². The molecular weight excluding hydrogens is 216 g/mol. The molecule has 2 heterocycles. The van der Waals surface area contributed by atoms with Crippen molar-refractivity contribution in [1.82, 2.24) is 4.90 Å². The number of morpholine rings is 1. The Labute approximate surface area is 101 Å². The average molecular weight is 234 g/mol. The summed E-state index contributed by atoms with van der Waals surface area (Å²) in [4.78, 5) is 2.48. The number of hydrogen-bond acceptors (Lipinski definition) is 4. The van der Waals surface area contributed by atoms with E-state index < -0.39 is 0 Å². The molecule has 1 aromatic rings. The van der Waals surface area contributed by atoms with Gasteiger partial charge in [0.1, 0.15) is 5.75 Å². The van der Waals surface area contributed by atoms with Gasteiger partial charge in [0.25, 0.3) is 0 Å². The normalized spacial score (nSPS) is 25.1. The fourth-order valence-electron chi connectivity index (χ4n) is 2.68. The largest absolute Gasteiger partial charge is 0.508 e. The van der Waals surface area contributed by atoms with Gasteiger partial charge in [-0.05, 0) is 30.2 Å². The molecule has 2 aliphatic rings. The van der Waals surface area contributed by atoms with E-state index in [9.17, 15) is 5.11 Å². The lowest BCUT2D eigenvalue weighted by molar-refractivity contribution is 0.0186. The maximum absolute atomic E-state index is 9.52. The van der Waals surface area contributed by atoms with Gasteiger partial charge in [0.15, 0.2) is 0 Å². The molecule has 17 heavy (non-hydrogen) atoms. The molecular formula is C13H18N2O2. The molecule has 1 aromatic carbocycles. The fraction of sp³-hybridized carbons (Fsp3) is 0.538. The van der Waals surface area contributed by atoms with Gasteiger partial charge < -0.3 is 15.2 Å². The van der Waals surface area contributed by atoms with E-state index in [0.29, 0.717) is 11.8 Å². The van der Waals surface area contributed by atoms with Gasteiger partial charge >= 0.3 is 0 Å². The first-order chi connectivity index (χ1) is 8.33. The topological polar surface area (TPSA) is 44.7 Å². The minimum atomic E-state index is 0.355. The molecule has 0 aromatic heterocycles. The molecule has 1 atom stereocenters. The highest BCUT2D eigenvalue weighted by molar-refractivity contribution is 5.56. The first kappa shape index (κ1) is 10.9. The van der Waals surface area contributed by atoms with Crippen LogP contribution in [-0.4, -0.2) is 48.9 Å². The minimum absolute atomic E-state index is 0.355. The van der Waals surface area contributed by atoms with Gasteiger partial charge in [-0.1, -0.05) is 0 Å². The predicted octanol–water partition coefficient (Wildman–Crippen LogP) is 1.06. The lowest BCUT2D eigenvalue weighted by Gasteiger charge is -2.37. The van der Waals surface area contributed by atoms with Crippen molar-refractivity contribution in [3.05, 3.63) is 23.8 Å². The zero-order valence-electron chi connectivity index (χ0n) is 9.85. The van der Waals surface area contributed by atoms with Crippen LogP contribution in [0.25, 0.3) is 0 Å². The van der Waals surface area contributed by atoms with E-state index in [1.54, 1.807) is 6.07 Å². The van der Waals surface area contributed by atoms with Crippen molar-refractivity contribution < 1.29 is 9.84 Å². The summed E-state index contributed by atoms with van der Waals surface area (Å²) in [5, 5.41) is 13.0.